The van der Waals surface area contributed by atoms with Crippen LogP contribution < -0.4 is 4.74 Å². The second kappa shape index (κ2) is 3.17. The van der Waals surface area contributed by atoms with Crippen LogP contribution in [0.4, 0.5) is 0 Å². The summed E-state index contributed by atoms with van der Waals surface area (Å²) in [5, 5.41) is 15.5. The fourth-order valence-electron chi connectivity index (χ4n) is 0.557. The van der Waals surface area contributed by atoms with E-state index >= 15 is 0 Å². The van der Waals surface area contributed by atoms with Crippen molar-refractivity contribution in [2.45, 2.75) is 0 Å². The van der Waals surface area contributed by atoms with Crippen molar-refractivity contribution < 1.29 is 4.74 Å². The van der Waals surface area contributed by atoms with Gasteiger partial charge in [-0.05, 0) is 0 Å². The van der Waals surface area contributed by atoms with Crippen LogP contribution >= 0.6 is 11.6 Å². The summed E-state index contributed by atoms with van der Waals surface area (Å²) in [7, 11) is 1.45. The van der Waals surface area contributed by atoms with Crippen LogP contribution in [0.2, 0.25) is 5.15 Å². The van der Waals surface area contributed by atoms with Gasteiger partial charge in [-0.1, -0.05) is 11.6 Å². The first-order valence-corrected chi connectivity index (χ1v) is 3.13. The van der Waals surface area contributed by atoms with E-state index in [9.17, 15) is 0 Å². The smallest absolute Gasteiger partial charge is 0.193 e. The molecule has 0 spiro atoms. The maximum Gasteiger partial charge on any atom is 0.193 e. The Labute approximate surface area is 68.4 Å². The molecule has 0 amide bonds. The van der Waals surface area contributed by atoms with Crippen molar-refractivity contribution in [1.29, 1.82) is 5.26 Å². The van der Waals surface area contributed by atoms with Crippen LogP contribution in [0.5, 0.6) is 5.75 Å². The maximum absolute atomic E-state index is 8.40. The molecule has 1 aromatic rings. The van der Waals surface area contributed by atoms with Crippen molar-refractivity contribution in [2.24, 2.45) is 0 Å². The minimum absolute atomic E-state index is 0.159. The molecule has 0 aliphatic rings. The molecule has 0 saturated carbocycles. The van der Waals surface area contributed by atoms with Crippen molar-refractivity contribution in [2.75, 3.05) is 7.11 Å². The molecule has 0 atom stereocenters. The quantitative estimate of drug-likeness (QED) is 0.630. The van der Waals surface area contributed by atoms with E-state index in [2.05, 4.69) is 10.2 Å². The minimum atomic E-state index is 0.159. The highest BCUT2D eigenvalue weighted by Crippen LogP contribution is 2.19. The van der Waals surface area contributed by atoms with Crippen LogP contribution in [0, 0.1) is 11.3 Å². The third-order valence-corrected chi connectivity index (χ3v) is 1.31. The standard InChI is InChI=1S/C6H4ClN3O/c1-11-5-2-4(3-8)9-10-6(5)7/h2H,1H3. The Morgan fingerprint density at radius 2 is 2.36 bits per heavy atom. The van der Waals surface area contributed by atoms with Crippen LogP contribution in [0.1, 0.15) is 5.69 Å². The Morgan fingerprint density at radius 3 is 2.91 bits per heavy atom. The molecule has 0 saturated heterocycles. The van der Waals surface area contributed by atoms with Gasteiger partial charge in [0.1, 0.15) is 6.07 Å². The molecule has 0 radical (unpaired) electrons. The topological polar surface area (TPSA) is 58.8 Å². The minimum Gasteiger partial charge on any atom is -0.493 e. The molecule has 1 heterocycles. The number of methoxy groups -OCH3 is 1. The average molecular weight is 170 g/mol. The Hall–Kier alpha value is -1.34. The fourth-order valence-corrected chi connectivity index (χ4v) is 0.727. The number of nitrogens with zero attached hydrogens (tertiary/aromatic N) is 3. The van der Waals surface area contributed by atoms with Gasteiger partial charge in [-0.2, -0.15) is 5.26 Å². The molecule has 11 heavy (non-hydrogen) atoms. The van der Waals surface area contributed by atoms with Crippen LogP contribution in [-0.4, -0.2) is 17.3 Å². The zero-order valence-electron chi connectivity index (χ0n) is 5.71. The summed E-state index contributed by atoms with van der Waals surface area (Å²) in [5.74, 6) is 0.359. The zero-order chi connectivity index (χ0) is 8.27. The first-order chi connectivity index (χ1) is 5.27. The summed E-state index contributed by atoms with van der Waals surface area (Å²) in [6.45, 7) is 0. The fraction of sp³-hybridized carbons (Fsp3) is 0.167. The van der Waals surface area contributed by atoms with Gasteiger partial charge in [0, 0.05) is 6.07 Å². The highest BCUT2D eigenvalue weighted by Gasteiger charge is 2.03. The number of aromatic nitrogens is 2. The summed E-state index contributed by atoms with van der Waals surface area (Å²) >= 11 is 5.55. The number of hydrogen-bond acceptors (Lipinski definition) is 4. The Bertz CT molecular complexity index is 307. The SMILES string of the molecule is COc1cc(C#N)nnc1Cl. The molecular formula is C6H4ClN3O. The zero-order valence-corrected chi connectivity index (χ0v) is 6.46. The molecule has 0 fully saturated rings. The molecule has 1 rings (SSSR count). The first-order valence-electron chi connectivity index (χ1n) is 2.75. The van der Waals surface area contributed by atoms with Gasteiger partial charge in [-0.15, -0.1) is 10.2 Å². The monoisotopic (exact) mass is 169 g/mol. The largest absolute Gasteiger partial charge is 0.493 e. The third-order valence-electron chi connectivity index (χ3n) is 1.05. The molecule has 0 bridgehead atoms. The Kier molecular flexibility index (Phi) is 2.24. The molecule has 1 aromatic heterocycles. The van der Waals surface area contributed by atoms with Crippen molar-refractivity contribution >= 4 is 11.6 Å². The molecular weight excluding hydrogens is 166 g/mol. The van der Waals surface area contributed by atoms with Gasteiger partial charge < -0.3 is 4.74 Å². The van der Waals surface area contributed by atoms with E-state index in [1.54, 1.807) is 0 Å². The second-order valence-corrected chi connectivity index (χ2v) is 2.06. The van der Waals surface area contributed by atoms with Crippen LogP contribution in [0.25, 0.3) is 0 Å². The maximum atomic E-state index is 8.40. The number of ether oxygens (including phenoxy) is 1. The van der Waals surface area contributed by atoms with Gasteiger partial charge in [-0.25, -0.2) is 0 Å². The Balaban J connectivity index is 3.15. The summed E-state index contributed by atoms with van der Waals surface area (Å²) in [4.78, 5) is 0. The van der Waals surface area contributed by atoms with Crippen molar-refractivity contribution in [3.8, 4) is 11.8 Å². The average Bonchev–Trinajstić information content (AvgIpc) is 2.05. The van der Waals surface area contributed by atoms with E-state index in [-0.39, 0.29) is 10.8 Å². The van der Waals surface area contributed by atoms with E-state index in [4.69, 9.17) is 21.6 Å². The number of halogens is 1. The summed E-state index contributed by atoms with van der Waals surface area (Å²) in [6, 6.07) is 3.24. The van der Waals surface area contributed by atoms with E-state index < -0.39 is 0 Å². The van der Waals surface area contributed by atoms with Crippen LogP contribution in [0.3, 0.4) is 0 Å². The molecule has 0 unspecified atom stereocenters. The molecule has 0 N–H and O–H groups in total. The first kappa shape index (κ1) is 7.76. The number of rotatable bonds is 1. The summed E-state index contributed by atoms with van der Waals surface area (Å²) < 4.78 is 4.80. The lowest BCUT2D eigenvalue weighted by Gasteiger charge is -1.98. The summed E-state index contributed by atoms with van der Waals surface area (Å²) in [5.41, 5.74) is 0.186. The molecule has 0 aromatic carbocycles. The van der Waals surface area contributed by atoms with Gasteiger partial charge in [-0.3, -0.25) is 0 Å². The van der Waals surface area contributed by atoms with Crippen molar-refractivity contribution in [3.63, 3.8) is 0 Å². The molecule has 56 valence electrons. The van der Waals surface area contributed by atoms with Crippen molar-refractivity contribution in [3.05, 3.63) is 16.9 Å². The van der Waals surface area contributed by atoms with Crippen LogP contribution in [-0.2, 0) is 0 Å². The predicted molar refractivity (Wildman–Crippen MR) is 38.3 cm³/mol. The summed E-state index contributed by atoms with van der Waals surface area (Å²) in [6.07, 6.45) is 0. The predicted octanol–water partition coefficient (Wildman–Crippen LogP) is 1.01. The molecule has 0 aliphatic carbocycles. The van der Waals surface area contributed by atoms with Gasteiger partial charge in [0.15, 0.2) is 16.6 Å². The Morgan fingerprint density at radius 1 is 1.64 bits per heavy atom. The van der Waals surface area contributed by atoms with Gasteiger partial charge >= 0.3 is 0 Å². The number of hydrogen-bond donors (Lipinski definition) is 0. The van der Waals surface area contributed by atoms with Crippen molar-refractivity contribution in [1.82, 2.24) is 10.2 Å². The van der Waals surface area contributed by atoms with E-state index in [0.717, 1.165) is 0 Å². The van der Waals surface area contributed by atoms with Crippen LogP contribution in [0.15, 0.2) is 6.07 Å². The lowest BCUT2D eigenvalue weighted by Crippen LogP contribution is -1.92. The van der Waals surface area contributed by atoms with E-state index in [1.807, 2.05) is 6.07 Å². The van der Waals surface area contributed by atoms with Gasteiger partial charge in [0.2, 0.25) is 0 Å². The van der Waals surface area contributed by atoms with Gasteiger partial charge in [0.25, 0.3) is 0 Å². The molecule has 0 aliphatic heterocycles. The second-order valence-electron chi connectivity index (χ2n) is 1.70. The highest BCUT2D eigenvalue weighted by atomic mass is 35.5. The highest BCUT2D eigenvalue weighted by molar-refractivity contribution is 6.30. The number of nitriles is 1. The van der Waals surface area contributed by atoms with E-state index in [0.29, 0.717) is 5.75 Å². The lowest BCUT2D eigenvalue weighted by molar-refractivity contribution is 0.411. The third kappa shape index (κ3) is 1.57. The van der Waals surface area contributed by atoms with E-state index in [1.165, 1.54) is 13.2 Å². The van der Waals surface area contributed by atoms with Gasteiger partial charge in [0.05, 0.1) is 7.11 Å². The molecule has 5 heteroatoms. The normalized spacial score (nSPS) is 8.82. The molecule has 4 nitrogen and oxygen atoms in total. The lowest BCUT2D eigenvalue weighted by atomic mass is 10.4.